The summed E-state index contributed by atoms with van der Waals surface area (Å²) in [4.78, 5) is 9.16. The molecule has 1 N–H and O–H groups in total. The van der Waals surface area contributed by atoms with E-state index in [1.54, 1.807) is 7.11 Å². The minimum Gasteiger partial charge on any atom is -0.497 e. The standard InChI is InChI=1S/C20H34N4O/c1-17-7-5-13-24(15-17)14-6-12-22-20(21-2)23(3)16-18-8-10-19(25-4)11-9-18/h8-11,17H,5-7,12-16H2,1-4H3,(H,21,22). The molecular formula is C20H34N4O. The van der Waals surface area contributed by atoms with Gasteiger partial charge >= 0.3 is 0 Å². The third-order valence-electron chi connectivity index (χ3n) is 4.83. The summed E-state index contributed by atoms with van der Waals surface area (Å²) in [6.07, 6.45) is 3.89. The first-order chi connectivity index (χ1) is 12.1. The van der Waals surface area contributed by atoms with Gasteiger partial charge in [-0.3, -0.25) is 4.99 Å². The minimum atomic E-state index is 0.827. The van der Waals surface area contributed by atoms with Crippen molar-refractivity contribution >= 4 is 5.96 Å². The number of likely N-dealkylation sites (tertiary alicyclic amines) is 1. The topological polar surface area (TPSA) is 40.1 Å². The first kappa shape index (κ1) is 19.6. The van der Waals surface area contributed by atoms with Crippen LogP contribution in [0.4, 0.5) is 0 Å². The fourth-order valence-corrected chi connectivity index (χ4v) is 3.46. The molecule has 1 heterocycles. The molecule has 0 spiro atoms. The van der Waals surface area contributed by atoms with Gasteiger partial charge in [-0.05, 0) is 56.0 Å². The lowest BCUT2D eigenvalue weighted by atomic mass is 10.0. The Morgan fingerprint density at radius 1 is 1.36 bits per heavy atom. The predicted molar refractivity (Wildman–Crippen MR) is 105 cm³/mol. The van der Waals surface area contributed by atoms with E-state index in [2.05, 4.69) is 46.2 Å². The SMILES string of the molecule is CN=C(NCCCN1CCCC(C)C1)N(C)Cc1ccc(OC)cc1. The van der Waals surface area contributed by atoms with E-state index in [0.717, 1.165) is 37.1 Å². The van der Waals surface area contributed by atoms with Gasteiger partial charge in [-0.25, -0.2) is 0 Å². The first-order valence-corrected chi connectivity index (χ1v) is 9.39. The summed E-state index contributed by atoms with van der Waals surface area (Å²) in [6, 6.07) is 8.19. The molecule has 1 saturated heterocycles. The molecule has 1 unspecified atom stereocenters. The maximum absolute atomic E-state index is 5.21. The monoisotopic (exact) mass is 346 g/mol. The summed E-state index contributed by atoms with van der Waals surface area (Å²) in [5, 5.41) is 3.49. The molecular weight excluding hydrogens is 312 g/mol. The van der Waals surface area contributed by atoms with E-state index in [-0.39, 0.29) is 0 Å². The Balaban J connectivity index is 1.71. The van der Waals surface area contributed by atoms with Gasteiger partial charge in [-0.15, -0.1) is 0 Å². The molecule has 2 rings (SSSR count). The van der Waals surface area contributed by atoms with Gasteiger partial charge in [0, 0.05) is 33.7 Å². The molecule has 25 heavy (non-hydrogen) atoms. The Morgan fingerprint density at radius 3 is 2.76 bits per heavy atom. The lowest BCUT2D eigenvalue weighted by Crippen LogP contribution is -2.40. The molecule has 1 aliphatic heterocycles. The van der Waals surface area contributed by atoms with Gasteiger partial charge < -0.3 is 19.9 Å². The number of nitrogens with one attached hydrogen (secondary N) is 1. The zero-order valence-corrected chi connectivity index (χ0v) is 16.3. The highest BCUT2D eigenvalue weighted by Gasteiger charge is 2.15. The van der Waals surface area contributed by atoms with Gasteiger partial charge in [-0.1, -0.05) is 19.1 Å². The van der Waals surface area contributed by atoms with Gasteiger partial charge in [0.2, 0.25) is 0 Å². The number of guanidine groups is 1. The van der Waals surface area contributed by atoms with Crippen molar-refractivity contribution in [1.29, 1.82) is 0 Å². The van der Waals surface area contributed by atoms with Crippen molar-refractivity contribution in [1.82, 2.24) is 15.1 Å². The van der Waals surface area contributed by atoms with E-state index in [0.29, 0.717) is 0 Å². The van der Waals surface area contributed by atoms with Crippen molar-refractivity contribution < 1.29 is 4.74 Å². The number of methoxy groups -OCH3 is 1. The zero-order chi connectivity index (χ0) is 18.1. The van der Waals surface area contributed by atoms with E-state index in [1.807, 2.05) is 19.2 Å². The van der Waals surface area contributed by atoms with E-state index < -0.39 is 0 Å². The summed E-state index contributed by atoms with van der Waals surface area (Å²) in [6.45, 7) is 7.84. The fourth-order valence-electron chi connectivity index (χ4n) is 3.46. The third-order valence-corrected chi connectivity index (χ3v) is 4.83. The van der Waals surface area contributed by atoms with E-state index in [1.165, 1.54) is 38.0 Å². The van der Waals surface area contributed by atoms with Crippen molar-refractivity contribution in [2.45, 2.75) is 32.7 Å². The van der Waals surface area contributed by atoms with Crippen molar-refractivity contribution in [2.24, 2.45) is 10.9 Å². The van der Waals surface area contributed by atoms with Crippen LogP contribution in [-0.4, -0.2) is 63.1 Å². The second-order valence-electron chi connectivity index (χ2n) is 7.08. The van der Waals surface area contributed by atoms with Crippen LogP contribution in [0.25, 0.3) is 0 Å². The van der Waals surface area contributed by atoms with Gasteiger partial charge in [0.25, 0.3) is 0 Å². The first-order valence-electron chi connectivity index (χ1n) is 9.39. The van der Waals surface area contributed by atoms with Gasteiger partial charge in [0.15, 0.2) is 5.96 Å². The van der Waals surface area contributed by atoms with Crippen LogP contribution in [0.15, 0.2) is 29.3 Å². The third kappa shape index (κ3) is 6.58. The lowest BCUT2D eigenvalue weighted by molar-refractivity contribution is 0.182. The number of nitrogens with zero attached hydrogens (tertiary/aromatic N) is 3. The zero-order valence-electron chi connectivity index (χ0n) is 16.3. The van der Waals surface area contributed by atoms with E-state index in [9.17, 15) is 0 Å². The number of ether oxygens (including phenoxy) is 1. The second kappa shape index (κ2) is 10.3. The molecule has 0 radical (unpaired) electrons. The molecule has 5 nitrogen and oxygen atoms in total. The predicted octanol–water partition coefficient (Wildman–Crippen LogP) is 2.82. The molecule has 0 saturated carbocycles. The van der Waals surface area contributed by atoms with Crippen LogP contribution in [0.5, 0.6) is 5.75 Å². The normalized spacial score (nSPS) is 18.9. The van der Waals surface area contributed by atoms with Crippen LogP contribution in [0.1, 0.15) is 31.7 Å². The Bertz CT molecular complexity index is 529. The summed E-state index contributed by atoms with van der Waals surface area (Å²) in [5.74, 6) is 2.69. The highest BCUT2D eigenvalue weighted by Crippen LogP contribution is 2.15. The highest BCUT2D eigenvalue weighted by molar-refractivity contribution is 5.79. The minimum absolute atomic E-state index is 0.827. The summed E-state index contributed by atoms with van der Waals surface area (Å²) in [7, 11) is 5.61. The Hall–Kier alpha value is -1.75. The highest BCUT2D eigenvalue weighted by atomic mass is 16.5. The van der Waals surface area contributed by atoms with Crippen LogP contribution in [-0.2, 0) is 6.54 Å². The molecule has 0 aliphatic carbocycles. The van der Waals surface area contributed by atoms with E-state index >= 15 is 0 Å². The molecule has 1 atom stereocenters. The van der Waals surface area contributed by atoms with Gasteiger partial charge in [0.1, 0.15) is 5.75 Å². The quantitative estimate of drug-likeness (QED) is 0.468. The Kier molecular flexibility index (Phi) is 8.06. The number of piperidine rings is 1. The smallest absolute Gasteiger partial charge is 0.193 e. The molecule has 1 aliphatic rings. The molecule has 0 bridgehead atoms. The average Bonchev–Trinajstić information content (AvgIpc) is 2.62. The number of rotatable bonds is 7. The van der Waals surface area contributed by atoms with Gasteiger partial charge in [0.05, 0.1) is 7.11 Å². The number of benzene rings is 1. The summed E-state index contributed by atoms with van der Waals surface area (Å²) < 4.78 is 5.21. The van der Waals surface area contributed by atoms with Crippen LogP contribution in [0.2, 0.25) is 0 Å². The average molecular weight is 347 g/mol. The van der Waals surface area contributed by atoms with Crippen LogP contribution in [0.3, 0.4) is 0 Å². The van der Waals surface area contributed by atoms with Crippen LogP contribution >= 0.6 is 0 Å². The summed E-state index contributed by atoms with van der Waals surface area (Å²) in [5.41, 5.74) is 1.24. The molecule has 1 fully saturated rings. The van der Waals surface area contributed by atoms with Crippen LogP contribution < -0.4 is 10.1 Å². The Labute approximate surface area is 153 Å². The molecule has 1 aromatic carbocycles. The van der Waals surface area contributed by atoms with Gasteiger partial charge in [-0.2, -0.15) is 0 Å². The second-order valence-corrected chi connectivity index (χ2v) is 7.08. The van der Waals surface area contributed by atoms with Crippen molar-refractivity contribution in [3.05, 3.63) is 29.8 Å². The number of hydrogen-bond acceptors (Lipinski definition) is 3. The maximum Gasteiger partial charge on any atom is 0.193 e. The fraction of sp³-hybridized carbons (Fsp3) is 0.650. The maximum atomic E-state index is 5.21. The number of aliphatic imine (C=N–C) groups is 1. The van der Waals surface area contributed by atoms with Crippen molar-refractivity contribution in [3.63, 3.8) is 0 Å². The molecule has 5 heteroatoms. The van der Waals surface area contributed by atoms with E-state index in [4.69, 9.17) is 4.74 Å². The van der Waals surface area contributed by atoms with Crippen molar-refractivity contribution in [3.8, 4) is 5.75 Å². The molecule has 0 amide bonds. The molecule has 140 valence electrons. The summed E-state index contributed by atoms with van der Waals surface area (Å²) >= 11 is 0. The Morgan fingerprint density at radius 2 is 2.12 bits per heavy atom. The number of hydrogen-bond donors (Lipinski definition) is 1. The lowest BCUT2D eigenvalue weighted by Gasteiger charge is -2.31. The molecule has 1 aromatic rings. The van der Waals surface area contributed by atoms with Crippen LogP contribution in [0, 0.1) is 5.92 Å². The van der Waals surface area contributed by atoms with Crippen molar-refractivity contribution in [2.75, 3.05) is 47.4 Å². The largest absolute Gasteiger partial charge is 0.497 e. The molecule has 0 aromatic heterocycles.